The van der Waals surface area contributed by atoms with Crippen LogP contribution in [0.3, 0.4) is 0 Å². The second-order valence-corrected chi connectivity index (χ2v) is 12.5. The molecule has 0 atom stereocenters. The van der Waals surface area contributed by atoms with Crippen LogP contribution in [0.1, 0.15) is 16.7 Å². The summed E-state index contributed by atoms with van der Waals surface area (Å²) in [4.78, 5) is 13.0. The molecule has 4 aromatic carbocycles. The van der Waals surface area contributed by atoms with E-state index in [1.807, 2.05) is 18.2 Å². The molecule has 0 heterocycles. The lowest BCUT2D eigenvalue weighted by molar-refractivity contribution is -0.119. The van der Waals surface area contributed by atoms with E-state index < -0.39 is 22.5 Å². The van der Waals surface area contributed by atoms with E-state index in [1.165, 1.54) is 25.5 Å². The van der Waals surface area contributed by atoms with Gasteiger partial charge in [-0.1, -0.05) is 59.6 Å². The highest BCUT2D eigenvalue weighted by Gasteiger charge is 2.28. The Hall–Kier alpha value is -3.57. The van der Waals surface area contributed by atoms with Gasteiger partial charge in [-0.05, 0) is 82.5 Å². The van der Waals surface area contributed by atoms with Gasteiger partial charge in [0.1, 0.15) is 13.2 Å². The van der Waals surface area contributed by atoms with Gasteiger partial charge in [0.15, 0.2) is 11.5 Å². The van der Waals surface area contributed by atoms with E-state index in [0.29, 0.717) is 42.8 Å². The molecule has 42 heavy (non-hydrogen) atoms. The van der Waals surface area contributed by atoms with Crippen LogP contribution in [0.5, 0.6) is 11.5 Å². The molecule has 0 saturated heterocycles. The van der Waals surface area contributed by atoms with Crippen LogP contribution >= 0.6 is 39.1 Å². The number of hydrogen-bond donors (Lipinski definition) is 1. The van der Waals surface area contributed by atoms with Crippen LogP contribution < -0.4 is 19.2 Å². The minimum Gasteiger partial charge on any atom is -0.493 e. The Kier molecular flexibility index (Phi) is 10.5. The van der Waals surface area contributed by atoms with Gasteiger partial charge in [0.2, 0.25) is 0 Å². The topological polar surface area (TPSA) is 97.3 Å². The number of ether oxygens (including phenoxy) is 2. The smallest absolute Gasteiger partial charge is 0.264 e. The molecule has 0 aromatic heterocycles. The van der Waals surface area contributed by atoms with E-state index >= 15 is 0 Å². The number of nitrogens with zero attached hydrogens (tertiary/aromatic N) is 2. The van der Waals surface area contributed by atoms with Crippen molar-refractivity contribution in [2.45, 2.75) is 18.4 Å². The minimum atomic E-state index is -4.08. The molecule has 8 nitrogen and oxygen atoms in total. The van der Waals surface area contributed by atoms with Crippen molar-refractivity contribution in [3.8, 4) is 11.5 Å². The Labute approximate surface area is 263 Å². The Morgan fingerprint density at radius 2 is 1.74 bits per heavy atom. The molecule has 4 rings (SSSR count). The number of nitrogens with one attached hydrogen (secondary N) is 1. The first-order valence-corrected chi connectivity index (χ1v) is 15.5. The van der Waals surface area contributed by atoms with Gasteiger partial charge in [0, 0.05) is 15.6 Å². The minimum absolute atomic E-state index is 0.0458. The molecule has 0 bridgehead atoms. The number of rotatable bonds is 11. The number of methoxy groups -OCH3 is 1. The summed E-state index contributed by atoms with van der Waals surface area (Å²) in [6.07, 6.45) is 1.41. The van der Waals surface area contributed by atoms with Crippen LogP contribution in [-0.4, -0.2) is 34.2 Å². The van der Waals surface area contributed by atoms with E-state index in [4.69, 9.17) is 32.7 Å². The normalized spacial score (nSPS) is 11.4. The second kappa shape index (κ2) is 14.1. The number of halogens is 3. The number of carbonyl (C=O) groups excluding carboxylic acids is 1. The molecule has 0 spiro atoms. The fourth-order valence-electron chi connectivity index (χ4n) is 3.98. The van der Waals surface area contributed by atoms with Gasteiger partial charge in [0.25, 0.3) is 15.9 Å². The number of benzene rings is 4. The van der Waals surface area contributed by atoms with Crippen LogP contribution in [0.25, 0.3) is 0 Å². The van der Waals surface area contributed by atoms with E-state index in [-0.39, 0.29) is 11.5 Å². The molecule has 1 amide bonds. The predicted molar refractivity (Wildman–Crippen MR) is 169 cm³/mol. The first-order valence-electron chi connectivity index (χ1n) is 12.5. The third-order valence-corrected chi connectivity index (χ3v) is 9.00. The van der Waals surface area contributed by atoms with Gasteiger partial charge in [-0.3, -0.25) is 9.10 Å². The zero-order valence-electron chi connectivity index (χ0n) is 22.6. The molecule has 12 heteroatoms. The van der Waals surface area contributed by atoms with E-state index in [2.05, 4.69) is 26.5 Å². The summed E-state index contributed by atoms with van der Waals surface area (Å²) in [5.74, 6) is 0.257. The van der Waals surface area contributed by atoms with Crippen LogP contribution in [0, 0.1) is 6.92 Å². The first kappa shape index (κ1) is 31.4. The van der Waals surface area contributed by atoms with Gasteiger partial charge in [-0.25, -0.2) is 13.8 Å². The lowest BCUT2D eigenvalue weighted by Gasteiger charge is -2.25. The van der Waals surface area contributed by atoms with Crippen molar-refractivity contribution in [3.63, 3.8) is 0 Å². The summed E-state index contributed by atoms with van der Waals surface area (Å²) in [6, 6.07) is 23.4. The maximum Gasteiger partial charge on any atom is 0.264 e. The van der Waals surface area contributed by atoms with Crippen LogP contribution in [0.2, 0.25) is 10.0 Å². The lowest BCUT2D eigenvalue weighted by Crippen LogP contribution is -2.40. The maximum atomic E-state index is 13.5. The molecule has 1 N–H and O–H groups in total. The van der Waals surface area contributed by atoms with Gasteiger partial charge in [-0.15, -0.1) is 0 Å². The largest absolute Gasteiger partial charge is 0.493 e. The lowest BCUT2D eigenvalue weighted by atomic mass is 10.2. The summed E-state index contributed by atoms with van der Waals surface area (Å²) < 4.78 is 40.2. The van der Waals surface area contributed by atoms with Crippen molar-refractivity contribution in [3.05, 3.63) is 116 Å². The quantitative estimate of drug-likeness (QED) is 0.135. The van der Waals surface area contributed by atoms with E-state index in [1.54, 1.807) is 61.5 Å². The summed E-state index contributed by atoms with van der Waals surface area (Å²) in [6.45, 7) is 1.43. The summed E-state index contributed by atoms with van der Waals surface area (Å²) in [5, 5.41) is 5.07. The molecule has 0 aliphatic heterocycles. The number of amides is 1. The SMILES string of the molecule is COc1cc(/C=N\NC(=O)CN(c2ccc(Cl)cc2C)S(=O)(=O)c2ccccc2)cc(Br)c1OCc1ccccc1Cl. The molecular weight excluding hydrogens is 665 g/mol. The van der Waals surface area contributed by atoms with Crippen LogP contribution in [-0.2, 0) is 21.4 Å². The Bertz CT molecular complexity index is 1720. The summed E-state index contributed by atoms with van der Waals surface area (Å²) >= 11 is 15.8. The molecule has 0 aliphatic rings. The fraction of sp³-hybridized carbons (Fsp3) is 0.133. The third kappa shape index (κ3) is 7.63. The molecular formula is C30H26BrCl2N3O5S. The zero-order chi connectivity index (χ0) is 30.3. The molecule has 4 aromatic rings. The molecule has 0 saturated carbocycles. The maximum absolute atomic E-state index is 13.5. The van der Waals surface area contributed by atoms with Gasteiger partial charge >= 0.3 is 0 Å². The second-order valence-electron chi connectivity index (χ2n) is 8.96. The standard InChI is InChI=1S/C30H26BrCl2N3O5S/c1-20-14-23(32)12-13-27(20)36(42(38,39)24-9-4-3-5-10-24)18-29(37)35-34-17-21-15-25(31)30(28(16-21)40-2)41-19-22-8-6-7-11-26(22)33/h3-17H,18-19H2,1-2H3,(H,35,37)/b34-17-. The number of anilines is 1. The number of hydrogen-bond acceptors (Lipinski definition) is 6. The highest BCUT2D eigenvalue weighted by molar-refractivity contribution is 9.10. The highest BCUT2D eigenvalue weighted by Crippen LogP contribution is 2.37. The van der Waals surface area contributed by atoms with Crippen LogP contribution in [0.15, 0.2) is 99.4 Å². The van der Waals surface area contributed by atoms with Gasteiger partial charge in [0.05, 0.1) is 28.4 Å². The molecule has 0 aliphatic carbocycles. The zero-order valence-corrected chi connectivity index (χ0v) is 26.5. The number of aryl methyl sites for hydroxylation is 1. The van der Waals surface area contributed by atoms with Gasteiger partial charge in [-0.2, -0.15) is 5.10 Å². The Morgan fingerprint density at radius 1 is 1.02 bits per heavy atom. The molecule has 0 radical (unpaired) electrons. The van der Waals surface area contributed by atoms with Crippen LogP contribution in [0.4, 0.5) is 5.69 Å². The average Bonchev–Trinajstić information content (AvgIpc) is 2.96. The van der Waals surface area contributed by atoms with Crippen molar-refractivity contribution in [2.75, 3.05) is 18.0 Å². The van der Waals surface area contributed by atoms with E-state index in [9.17, 15) is 13.2 Å². The van der Waals surface area contributed by atoms with Crippen molar-refractivity contribution in [2.24, 2.45) is 5.10 Å². The fourth-order valence-corrected chi connectivity index (χ4v) is 6.48. The van der Waals surface area contributed by atoms with Crippen molar-refractivity contribution >= 4 is 67.0 Å². The van der Waals surface area contributed by atoms with Gasteiger partial charge < -0.3 is 9.47 Å². The predicted octanol–water partition coefficient (Wildman–Crippen LogP) is 7.00. The number of hydrazone groups is 1. The summed E-state index contributed by atoms with van der Waals surface area (Å²) in [7, 11) is -2.57. The van der Waals surface area contributed by atoms with Crippen molar-refractivity contribution < 1.29 is 22.7 Å². The monoisotopic (exact) mass is 689 g/mol. The first-order chi connectivity index (χ1) is 20.1. The summed E-state index contributed by atoms with van der Waals surface area (Å²) in [5.41, 5.74) is 4.73. The van der Waals surface area contributed by atoms with Crippen molar-refractivity contribution in [1.29, 1.82) is 0 Å². The van der Waals surface area contributed by atoms with E-state index in [0.717, 1.165) is 9.87 Å². The number of sulfonamides is 1. The Morgan fingerprint density at radius 3 is 2.43 bits per heavy atom. The number of carbonyl (C=O) groups is 1. The van der Waals surface area contributed by atoms with Crippen molar-refractivity contribution in [1.82, 2.24) is 5.43 Å². The molecule has 0 fully saturated rings. The Balaban J connectivity index is 1.50. The molecule has 0 unspecified atom stereocenters. The average molecular weight is 691 g/mol. The highest BCUT2D eigenvalue weighted by atomic mass is 79.9. The third-order valence-electron chi connectivity index (χ3n) is 6.03. The molecule has 218 valence electrons.